The largest absolute Gasteiger partial charge is 0.395 e. The first-order chi connectivity index (χ1) is 10.0. The van der Waals surface area contributed by atoms with E-state index in [2.05, 4.69) is 0 Å². The fourth-order valence-electron chi connectivity index (χ4n) is 2.47. The highest BCUT2D eigenvalue weighted by atomic mass is 19.3. The Kier molecular flexibility index (Phi) is 5.03. The predicted molar refractivity (Wildman–Crippen MR) is 73.8 cm³/mol. The first-order valence-electron chi connectivity index (χ1n) is 6.67. The Bertz CT molecular complexity index is 505. The summed E-state index contributed by atoms with van der Waals surface area (Å²) in [5.74, 6) is 0. The quantitative estimate of drug-likeness (QED) is 0.661. The SMILES string of the molecule is O=[N+]([O-])c1ccc(N2CCN(CCO)CC2)c(C(F)F)c1. The summed E-state index contributed by atoms with van der Waals surface area (Å²) in [6, 6.07) is 3.59. The van der Waals surface area contributed by atoms with E-state index in [1.807, 2.05) is 4.90 Å². The Labute approximate surface area is 120 Å². The molecule has 0 amide bonds. The molecule has 1 aliphatic heterocycles. The smallest absolute Gasteiger partial charge is 0.270 e. The maximum absolute atomic E-state index is 13.1. The molecular weight excluding hydrogens is 284 g/mol. The second-order valence-electron chi connectivity index (χ2n) is 4.85. The van der Waals surface area contributed by atoms with Crippen molar-refractivity contribution in [2.45, 2.75) is 6.43 Å². The molecule has 0 saturated carbocycles. The van der Waals surface area contributed by atoms with Gasteiger partial charge in [0, 0.05) is 56.1 Å². The number of anilines is 1. The number of nitrogens with zero attached hydrogens (tertiary/aromatic N) is 3. The van der Waals surface area contributed by atoms with Crippen LogP contribution in [0.5, 0.6) is 0 Å². The van der Waals surface area contributed by atoms with Crippen LogP contribution in [0.4, 0.5) is 20.2 Å². The number of nitro benzene ring substituents is 1. The summed E-state index contributed by atoms with van der Waals surface area (Å²) in [6.45, 7) is 3.07. The number of β-amino-alcohol motifs (C(OH)–C–C–N with tert-alkyl or cyclic N) is 1. The molecule has 8 heteroatoms. The van der Waals surface area contributed by atoms with Gasteiger partial charge in [-0.25, -0.2) is 8.78 Å². The monoisotopic (exact) mass is 301 g/mol. The van der Waals surface area contributed by atoms with Gasteiger partial charge >= 0.3 is 0 Å². The Morgan fingerprint density at radius 1 is 1.29 bits per heavy atom. The van der Waals surface area contributed by atoms with Crippen molar-refractivity contribution in [1.29, 1.82) is 0 Å². The van der Waals surface area contributed by atoms with Crippen LogP contribution in [0.3, 0.4) is 0 Å². The summed E-state index contributed by atoms with van der Waals surface area (Å²) in [5.41, 5.74) is -0.285. The summed E-state index contributed by atoms with van der Waals surface area (Å²) >= 11 is 0. The lowest BCUT2D eigenvalue weighted by Gasteiger charge is -2.36. The van der Waals surface area contributed by atoms with Crippen molar-refractivity contribution in [2.75, 3.05) is 44.2 Å². The number of non-ortho nitro benzene ring substituents is 1. The van der Waals surface area contributed by atoms with Crippen molar-refractivity contribution in [3.63, 3.8) is 0 Å². The average Bonchev–Trinajstić information content (AvgIpc) is 2.47. The molecule has 0 aliphatic carbocycles. The number of aliphatic hydroxyl groups excluding tert-OH is 1. The molecule has 0 unspecified atom stereocenters. The minimum Gasteiger partial charge on any atom is -0.395 e. The molecule has 0 spiro atoms. The third kappa shape index (κ3) is 3.64. The number of piperazine rings is 1. The number of benzene rings is 1. The first-order valence-corrected chi connectivity index (χ1v) is 6.67. The molecule has 1 saturated heterocycles. The van der Waals surface area contributed by atoms with Crippen LogP contribution in [0.1, 0.15) is 12.0 Å². The van der Waals surface area contributed by atoms with E-state index in [4.69, 9.17) is 5.11 Å². The molecule has 1 fully saturated rings. The first kappa shape index (κ1) is 15.6. The highest BCUT2D eigenvalue weighted by molar-refractivity contribution is 5.58. The molecule has 0 atom stereocenters. The van der Waals surface area contributed by atoms with E-state index in [1.54, 1.807) is 4.90 Å². The summed E-state index contributed by atoms with van der Waals surface area (Å²) < 4.78 is 26.3. The van der Waals surface area contributed by atoms with Crippen molar-refractivity contribution in [2.24, 2.45) is 0 Å². The second kappa shape index (κ2) is 6.77. The highest BCUT2D eigenvalue weighted by Gasteiger charge is 2.24. The summed E-state index contributed by atoms with van der Waals surface area (Å²) in [4.78, 5) is 13.9. The van der Waals surface area contributed by atoms with E-state index in [1.165, 1.54) is 12.1 Å². The third-order valence-corrected chi connectivity index (χ3v) is 3.59. The van der Waals surface area contributed by atoms with Crippen LogP contribution in [-0.4, -0.2) is 54.3 Å². The number of hydrogen-bond donors (Lipinski definition) is 1. The molecule has 116 valence electrons. The van der Waals surface area contributed by atoms with Crippen molar-refractivity contribution >= 4 is 11.4 Å². The fraction of sp³-hybridized carbons (Fsp3) is 0.538. The van der Waals surface area contributed by atoms with Crippen molar-refractivity contribution < 1.29 is 18.8 Å². The highest BCUT2D eigenvalue weighted by Crippen LogP contribution is 2.33. The average molecular weight is 301 g/mol. The van der Waals surface area contributed by atoms with Gasteiger partial charge in [0.1, 0.15) is 0 Å². The van der Waals surface area contributed by atoms with Gasteiger partial charge in [-0.05, 0) is 6.07 Å². The van der Waals surface area contributed by atoms with E-state index in [9.17, 15) is 18.9 Å². The molecule has 6 nitrogen and oxygen atoms in total. The van der Waals surface area contributed by atoms with E-state index >= 15 is 0 Å². The number of aliphatic hydroxyl groups is 1. The van der Waals surface area contributed by atoms with Gasteiger partial charge in [-0.3, -0.25) is 15.0 Å². The van der Waals surface area contributed by atoms with Crippen LogP contribution >= 0.6 is 0 Å². The standard InChI is InChI=1S/C13H17F2N3O3/c14-13(15)11-9-10(18(20)21)1-2-12(11)17-5-3-16(4-6-17)7-8-19/h1-2,9,13,19H,3-8H2. The van der Waals surface area contributed by atoms with Crippen LogP contribution in [0.25, 0.3) is 0 Å². The number of halogens is 2. The van der Waals surface area contributed by atoms with Gasteiger partial charge in [-0.15, -0.1) is 0 Å². The molecule has 1 aromatic rings. The van der Waals surface area contributed by atoms with Gasteiger partial charge in [0.2, 0.25) is 0 Å². The van der Waals surface area contributed by atoms with Crippen LogP contribution in [0.15, 0.2) is 18.2 Å². The summed E-state index contributed by atoms with van der Waals surface area (Å²) in [5, 5.41) is 19.6. The number of alkyl halides is 2. The molecule has 21 heavy (non-hydrogen) atoms. The molecular formula is C13H17F2N3O3. The third-order valence-electron chi connectivity index (χ3n) is 3.59. The van der Waals surface area contributed by atoms with E-state index in [0.29, 0.717) is 38.4 Å². The predicted octanol–water partition coefficient (Wildman–Crippen LogP) is 1.65. The van der Waals surface area contributed by atoms with Crippen LogP contribution in [0, 0.1) is 10.1 Å². The molecule has 1 heterocycles. The minimum atomic E-state index is -2.75. The number of rotatable bonds is 5. The summed E-state index contributed by atoms with van der Waals surface area (Å²) in [6.07, 6.45) is -2.75. The number of hydrogen-bond acceptors (Lipinski definition) is 5. The van der Waals surface area contributed by atoms with Crippen LogP contribution in [-0.2, 0) is 0 Å². The van der Waals surface area contributed by atoms with E-state index < -0.39 is 11.3 Å². The van der Waals surface area contributed by atoms with E-state index in [-0.39, 0.29) is 17.9 Å². The second-order valence-corrected chi connectivity index (χ2v) is 4.85. The zero-order valence-electron chi connectivity index (χ0n) is 11.4. The molecule has 2 rings (SSSR count). The minimum absolute atomic E-state index is 0.0693. The van der Waals surface area contributed by atoms with Gasteiger partial charge in [0.25, 0.3) is 12.1 Å². The van der Waals surface area contributed by atoms with Gasteiger partial charge in [-0.1, -0.05) is 0 Å². The van der Waals surface area contributed by atoms with Gasteiger partial charge in [0.15, 0.2) is 0 Å². The van der Waals surface area contributed by atoms with Crippen molar-refractivity contribution in [1.82, 2.24) is 4.90 Å². The Balaban J connectivity index is 2.18. The van der Waals surface area contributed by atoms with Crippen LogP contribution < -0.4 is 4.90 Å². The molecule has 0 radical (unpaired) electrons. The summed E-state index contributed by atoms with van der Waals surface area (Å²) in [7, 11) is 0. The Morgan fingerprint density at radius 3 is 2.48 bits per heavy atom. The lowest BCUT2D eigenvalue weighted by molar-refractivity contribution is -0.385. The fourth-order valence-corrected chi connectivity index (χ4v) is 2.47. The lowest BCUT2D eigenvalue weighted by atomic mass is 10.1. The van der Waals surface area contributed by atoms with Gasteiger partial charge in [-0.2, -0.15) is 0 Å². The van der Waals surface area contributed by atoms with Crippen molar-refractivity contribution in [3.05, 3.63) is 33.9 Å². The maximum Gasteiger partial charge on any atom is 0.270 e. The zero-order valence-corrected chi connectivity index (χ0v) is 11.4. The lowest BCUT2D eigenvalue weighted by Crippen LogP contribution is -2.47. The van der Waals surface area contributed by atoms with Gasteiger partial charge in [0.05, 0.1) is 11.5 Å². The maximum atomic E-state index is 13.1. The Morgan fingerprint density at radius 2 is 1.95 bits per heavy atom. The molecule has 0 bridgehead atoms. The van der Waals surface area contributed by atoms with Crippen LogP contribution in [0.2, 0.25) is 0 Å². The normalized spacial score (nSPS) is 16.5. The van der Waals surface area contributed by atoms with Crippen molar-refractivity contribution in [3.8, 4) is 0 Å². The Hall–Kier alpha value is -1.80. The number of nitro groups is 1. The topological polar surface area (TPSA) is 69.9 Å². The molecule has 1 aliphatic rings. The zero-order chi connectivity index (χ0) is 15.4. The molecule has 1 aromatic carbocycles. The molecule has 1 N–H and O–H groups in total. The molecule has 0 aromatic heterocycles. The van der Waals surface area contributed by atoms with E-state index in [0.717, 1.165) is 6.07 Å². The van der Waals surface area contributed by atoms with Gasteiger partial charge < -0.3 is 10.0 Å².